The van der Waals surface area contributed by atoms with Gasteiger partial charge in [-0.05, 0) is 6.92 Å². The second-order valence-electron chi connectivity index (χ2n) is 3.93. The van der Waals surface area contributed by atoms with E-state index in [1.165, 1.54) is 23.3 Å². The number of carbonyl (C=O) groups excluding carboxylic acids is 1. The first-order valence-corrected chi connectivity index (χ1v) is 6.05. The number of aromatic nitrogens is 4. The van der Waals surface area contributed by atoms with E-state index in [4.69, 9.17) is 16.3 Å². The van der Waals surface area contributed by atoms with Crippen molar-refractivity contribution in [1.82, 2.24) is 19.7 Å². The normalized spacial score (nSPS) is 10.7. The largest absolute Gasteiger partial charge is 0.383 e. The molecule has 0 spiro atoms. The van der Waals surface area contributed by atoms with Gasteiger partial charge in [0.25, 0.3) is 0 Å². The summed E-state index contributed by atoms with van der Waals surface area (Å²) in [5, 5.41) is 4.35. The number of aryl methyl sites for hydroxylation is 1. The Labute approximate surface area is 115 Å². The van der Waals surface area contributed by atoms with Crippen LogP contribution in [0, 0.1) is 6.92 Å². The average molecular weight is 281 g/mol. The molecule has 0 atom stereocenters. The lowest BCUT2D eigenvalue weighted by Crippen LogP contribution is -2.15. The van der Waals surface area contributed by atoms with Crippen LogP contribution in [0.3, 0.4) is 0 Å². The highest BCUT2D eigenvalue weighted by molar-refractivity contribution is 6.34. The second kappa shape index (κ2) is 5.90. The fourth-order valence-corrected chi connectivity index (χ4v) is 1.79. The third kappa shape index (κ3) is 2.97. The number of hydrogen-bond donors (Lipinski definition) is 0. The van der Waals surface area contributed by atoms with E-state index in [1.807, 2.05) is 0 Å². The summed E-state index contributed by atoms with van der Waals surface area (Å²) >= 11 is 6.01. The fraction of sp³-hybridized carbons (Fsp3) is 0.333. The molecule has 0 fully saturated rings. The van der Waals surface area contributed by atoms with Gasteiger partial charge < -0.3 is 4.74 Å². The highest BCUT2D eigenvalue weighted by atomic mass is 35.5. The molecule has 2 aromatic rings. The van der Waals surface area contributed by atoms with Crippen molar-refractivity contribution < 1.29 is 9.53 Å². The molecule has 0 aliphatic heterocycles. The van der Waals surface area contributed by atoms with Gasteiger partial charge in [0.2, 0.25) is 5.78 Å². The van der Waals surface area contributed by atoms with E-state index in [-0.39, 0.29) is 11.5 Å². The number of methoxy groups -OCH3 is 1. The molecule has 2 heterocycles. The van der Waals surface area contributed by atoms with Crippen LogP contribution in [0.25, 0.3) is 0 Å². The summed E-state index contributed by atoms with van der Waals surface area (Å²) in [6.45, 7) is 2.69. The van der Waals surface area contributed by atoms with Crippen LogP contribution >= 0.6 is 11.6 Å². The first-order valence-electron chi connectivity index (χ1n) is 5.67. The third-order valence-electron chi connectivity index (χ3n) is 2.53. The Balaban J connectivity index is 2.32. The van der Waals surface area contributed by atoms with Crippen LogP contribution in [0.5, 0.6) is 0 Å². The Morgan fingerprint density at radius 3 is 2.79 bits per heavy atom. The van der Waals surface area contributed by atoms with Gasteiger partial charge in [0.05, 0.1) is 36.3 Å². The Kier molecular flexibility index (Phi) is 4.24. The average Bonchev–Trinajstić information content (AvgIpc) is 2.77. The molecule has 0 radical (unpaired) electrons. The lowest BCUT2D eigenvalue weighted by Gasteiger charge is -2.06. The third-order valence-corrected chi connectivity index (χ3v) is 2.81. The fourth-order valence-electron chi connectivity index (χ4n) is 1.57. The maximum Gasteiger partial charge on any atom is 0.232 e. The molecule has 7 heteroatoms. The van der Waals surface area contributed by atoms with Gasteiger partial charge >= 0.3 is 0 Å². The van der Waals surface area contributed by atoms with Crippen molar-refractivity contribution in [1.29, 1.82) is 0 Å². The summed E-state index contributed by atoms with van der Waals surface area (Å²) in [6.07, 6.45) is 4.41. The summed E-state index contributed by atoms with van der Waals surface area (Å²) in [4.78, 5) is 20.4. The van der Waals surface area contributed by atoms with Crippen molar-refractivity contribution >= 4 is 17.4 Å². The maximum absolute atomic E-state index is 12.3. The van der Waals surface area contributed by atoms with Crippen molar-refractivity contribution in [2.45, 2.75) is 13.5 Å². The van der Waals surface area contributed by atoms with Gasteiger partial charge in [-0.2, -0.15) is 5.10 Å². The van der Waals surface area contributed by atoms with Crippen molar-refractivity contribution in [3.8, 4) is 0 Å². The van der Waals surface area contributed by atoms with Crippen LogP contribution < -0.4 is 0 Å². The Morgan fingerprint density at radius 1 is 1.37 bits per heavy atom. The van der Waals surface area contributed by atoms with E-state index in [1.54, 1.807) is 14.0 Å². The van der Waals surface area contributed by atoms with Crippen molar-refractivity contribution in [3.05, 3.63) is 40.7 Å². The van der Waals surface area contributed by atoms with Crippen LogP contribution in [0.15, 0.2) is 18.6 Å². The van der Waals surface area contributed by atoms with Gasteiger partial charge in [0, 0.05) is 13.3 Å². The molecular weight excluding hydrogens is 268 g/mol. The highest BCUT2D eigenvalue weighted by Crippen LogP contribution is 2.18. The minimum atomic E-state index is -0.300. The number of rotatable bonds is 5. The molecule has 0 amide bonds. The molecule has 6 nitrogen and oxygen atoms in total. The van der Waals surface area contributed by atoms with E-state index < -0.39 is 0 Å². The van der Waals surface area contributed by atoms with Crippen molar-refractivity contribution in [2.75, 3.05) is 13.7 Å². The smallest absolute Gasteiger partial charge is 0.232 e. The molecule has 0 unspecified atom stereocenters. The van der Waals surface area contributed by atoms with Crippen LogP contribution in [0.4, 0.5) is 0 Å². The van der Waals surface area contributed by atoms with Gasteiger partial charge in [-0.3, -0.25) is 14.5 Å². The molecule has 2 aromatic heterocycles. The lowest BCUT2D eigenvalue weighted by atomic mass is 10.2. The van der Waals surface area contributed by atoms with E-state index >= 15 is 0 Å². The summed E-state index contributed by atoms with van der Waals surface area (Å²) in [5.41, 5.74) is 1.29. The zero-order valence-corrected chi connectivity index (χ0v) is 11.4. The number of carbonyl (C=O) groups is 1. The zero-order valence-electron chi connectivity index (χ0n) is 10.6. The zero-order chi connectivity index (χ0) is 13.8. The van der Waals surface area contributed by atoms with Gasteiger partial charge in [-0.15, -0.1) is 0 Å². The monoisotopic (exact) mass is 280 g/mol. The Hall–Kier alpha value is -1.79. The molecule has 2 rings (SSSR count). The molecular formula is C12H13ClN4O2. The van der Waals surface area contributed by atoms with E-state index in [0.717, 1.165) is 5.69 Å². The number of ketones is 1. The van der Waals surface area contributed by atoms with Crippen LogP contribution in [-0.2, 0) is 11.3 Å². The maximum atomic E-state index is 12.3. The first-order chi connectivity index (χ1) is 9.13. The van der Waals surface area contributed by atoms with Crippen LogP contribution in [-0.4, -0.2) is 39.2 Å². The molecule has 0 aliphatic rings. The number of hydrogen-bond acceptors (Lipinski definition) is 5. The Bertz CT molecular complexity index is 580. The van der Waals surface area contributed by atoms with Crippen molar-refractivity contribution in [3.63, 3.8) is 0 Å². The molecule has 100 valence electrons. The second-order valence-corrected chi connectivity index (χ2v) is 4.34. The first kappa shape index (κ1) is 13.6. The van der Waals surface area contributed by atoms with Gasteiger partial charge in [-0.1, -0.05) is 11.6 Å². The standard InChI is InChI=1S/C12H13ClN4O2/c1-8-5-15-10(7-14-8)12(18)11-9(13)6-16-17(11)3-4-19-2/h5-7H,3-4H2,1-2H3. The lowest BCUT2D eigenvalue weighted by molar-refractivity contribution is 0.102. The predicted octanol–water partition coefficient (Wildman–Crippen LogP) is 1.51. The van der Waals surface area contributed by atoms with Crippen LogP contribution in [0.1, 0.15) is 21.9 Å². The van der Waals surface area contributed by atoms with Crippen LogP contribution in [0.2, 0.25) is 5.02 Å². The van der Waals surface area contributed by atoms with E-state index in [0.29, 0.717) is 23.9 Å². The molecule has 19 heavy (non-hydrogen) atoms. The SMILES string of the molecule is COCCn1ncc(Cl)c1C(=O)c1cnc(C)cn1. The molecule has 0 saturated carbocycles. The highest BCUT2D eigenvalue weighted by Gasteiger charge is 2.20. The van der Waals surface area contributed by atoms with Gasteiger partial charge in [0.1, 0.15) is 11.4 Å². The van der Waals surface area contributed by atoms with E-state index in [9.17, 15) is 4.79 Å². The molecule has 0 aliphatic carbocycles. The Morgan fingerprint density at radius 2 is 2.16 bits per heavy atom. The minimum absolute atomic E-state index is 0.242. The summed E-state index contributed by atoms with van der Waals surface area (Å²) in [5.74, 6) is -0.300. The molecule has 0 N–H and O–H groups in total. The quantitative estimate of drug-likeness (QED) is 0.777. The minimum Gasteiger partial charge on any atom is -0.383 e. The van der Waals surface area contributed by atoms with Crippen molar-refractivity contribution in [2.24, 2.45) is 0 Å². The number of ether oxygens (including phenoxy) is 1. The number of halogens is 1. The topological polar surface area (TPSA) is 69.9 Å². The molecule has 0 aromatic carbocycles. The predicted molar refractivity (Wildman–Crippen MR) is 69.3 cm³/mol. The molecule has 0 saturated heterocycles. The van der Waals surface area contributed by atoms with Gasteiger partial charge in [0.15, 0.2) is 0 Å². The summed E-state index contributed by atoms with van der Waals surface area (Å²) in [6, 6.07) is 0. The van der Waals surface area contributed by atoms with Gasteiger partial charge in [-0.25, -0.2) is 4.98 Å². The van der Waals surface area contributed by atoms with E-state index in [2.05, 4.69) is 15.1 Å². The summed E-state index contributed by atoms with van der Waals surface area (Å²) < 4.78 is 6.48. The molecule has 0 bridgehead atoms. The summed E-state index contributed by atoms with van der Waals surface area (Å²) in [7, 11) is 1.58. The number of nitrogens with zero attached hydrogens (tertiary/aromatic N) is 4.